The summed E-state index contributed by atoms with van der Waals surface area (Å²) in [5.41, 5.74) is 0. The molecule has 3 nitrogen and oxygen atoms in total. The molecule has 148 valence electrons. The molecule has 0 saturated carbocycles. The van der Waals surface area contributed by atoms with Crippen molar-refractivity contribution in [2.45, 2.75) is 92.2 Å². The first-order valence-corrected chi connectivity index (χ1v) is 11.2. The van der Waals surface area contributed by atoms with E-state index in [-0.39, 0.29) is 0 Å². The Labute approximate surface area is 162 Å². The zero-order valence-corrected chi connectivity index (χ0v) is 18.5. The third-order valence-electron chi connectivity index (χ3n) is 6.10. The van der Waals surface area contributed by atoms with Gasteiger partial charge < -0.3 is 15.1 Å². The topological polar surface area (TPSA) is 18.5 Å². The number of nitrogens with one attached hydrogen (secondary N) is 1. The van der Waals surface area contributed by atoms with Crippen LogP contribution in [0.25, 0.3) is 0 Å². The van der Waals surface area contributed by atoms with E-state index in [0.29, 0.717) is 12.1 Å². The molecule has 25 heavy (non-hydrogen) atoms. The molecule has 4 unspecified atom stereocenters. The second kappa shape index (κ2) is 12.1. The monoisotopic (exact) mass is 369 g/mol. The zero-order valence-electron chi connectivity index (χ0n) is 17.7. The Hall–Kier alpha value is -0.350. The fraction of sp³-hybridized carbons (Fsp3) is 0.952. The van der Waals surface area contributed by atoms with E-state index in [9.17, 15) is 0 Å². The molecule has 1 fully saturated rings. The van der Waals surface area contributed by atoms with Gasteiger partial charge in [-0.25, -0.2) is 0 Å². The molecule has 0 aliphatic carbocycles. The predicted molar refractivity (Wildman–Crippen MR) is 115 cm³/mol. The van der Waals surface area contributed by atoms with Gasteiger partial charge in [-0.2, -0.15) is 0 Å². The summed E-state index contributed by atoms with van der Waals surface area (Å²) in [7, 11) is 0. The number of hydrogen-bond acceptors (Lipinski definition) is 2. The van der Waals surface area contributed by atoms with Crippen molar-refractivity contribution < 1.29 is 0 Å². The first-order chi connectivity index (χ1) is 12.0. The van der Waals surface area contributed by atoms with Crippen molar-refractivity contribution in [1.29, 1.82) is 0 Å². The molecule has 1 saturated heterocycles. The first kappa shape index (κ1) is 22.7. The number of thiocarbonyl (C=S) groups is 1. The van der Waals surface area contributed by atoms with Crippen LogP contribution in [0.5, 0.6) is 0 Å². The number of rotatable bonds is 13. The Morgan fingerprint density at radius 3 is 2.12 bits per heavy atom. The van der Waals surface area contributed by atoms with E-state index in [2.05, 4.69) is 56.7 Å². The van der Waals surface area contributed by atoms with Crippen LogP contribution in [0.3, 0.4) is 0 Å². The molecule has 0 aromatic heterocycles. The van der Waals surface area contributed by atoms with Crippen LogP contribution in [-0.2, 0) is 0 Å². The summed E-state index contributed by atoms with van der Waals surface area (Å²) >= 11 is 5.81. The fourth-order valence-corrected chi connectivity index (χ4v) is 4.17. The van der Waals surface area contributed by atoms with Gasteiger partial charge in [0.1, 0.15) is 0 Å². The molecule has 4 heteroatoms. The second-order valence-corrected chi connectivity index (χ2v) is 8.45. The van der Waals surface area contributed by atoms with Gasteiger partial charge in [0.25, 0.3) is 0 Å². The summed E-state index contributed by atoms with van der Waals surface area (Å²) in [6, 6.07) is 1.27. The molecule has 0 bridgehead atoms. The van der Waals surface area contributed by atoms with Gasteiger partial charge in [0.2, 0.25) is 0 Å². The molecule has 1 N–H and O–H groups in total. The third-order valence-corrected chi connectivity index (χ3v) is 6.59. The van der Waals surface area contributed by atoms with Crippen molar-refractivity contribution in [2.75, 3.05) is 26.2 Å². The standard InChI is InChI=1S/C21H43N3S/c1-7-17(5)15-19(9-3)22-11-12-23-13-14-24(21(23)25)20(10-4)16-18(6)8-2/h17-20,22H,7-16H2,1-6H3. The lowest BCUT2D eigenvalue weighted by molar-refractivity contribution is 0.277. The minimum absolute atomic E-state index is 0.620. The highest BCUT2D eigenvalue weighted by atomic mass is 32.1. The van der Waals surface area contributed by atoms with E-state index in [1.54, 1.807) is 0 Å². The number of hydrogen-bond donors (Lipinski definition) is 1. The van der Waals surface area contributed by atoms with Crippen LogP contribution < -0.4 is 5.32 Å². The van der Waals surface area contributed by atoms with Crippen LogP contribution >= 0.6 is 12.2 Å². The first-order valence-electron chi connectivity index (χ1n) is 10.7. The number of nitrogens with zero attached hydrogens (tertiary/aromatic N) is 2. The van der Waals surface area contributed by atoms with Gasteiger partial charge >= 0.3 is 0 Å². The third kappa shape index (κ3) is 7.42. The van der Waals surface area contributed by atoms with Gasteiger partial charge in [-0.3, -0.25) is 0 Å². The molecule has 1 aliphatic rings. The molecule has 0 aromatic carbocycles. The normalized spacial score (nSPS) is 20.0. The maximum Gasteiger partial charge on any atom is 0.171 e. The molecule has 1 aliphatic heterocycles. The molecule has 1 heterocycles. The summed E-state index contributed by atoms with van der Waals surface area (Å²) in [6.45, 7) is 18.2. The van der Waals surface area contributed by atoms with Crippen LogP contribution in [0.4, 0.5) is 0 Å². The second-order valence-electron chi connectivity index (χ2n) is 8.08. The summed E-state index contributed by atoms with van der Waals surface area (Å²) in [4.78, 5) is 4.91. The SMILES string of the molecule is CCC(C)CC(CC)NCCN1CCN(C(CC)CC(C)CC)C1=S. The minimum atomic E-state index is 0.620. The van der Waals surface area contributed by atoms with Crippen molar-refractivity contribution >= 4 is 17.3 Å². The average Bonchev–Trinajstić information content (AvgIpc) is 2.98. The molecule has 0 radical (unpaired) electrons. The van der Waals surface area contributed by atoms with Gasteiger partial charge in [0.05, 0.1) is 0 Å². The van der Waals surface area contributed by atoms with Gasteiger partial charge in [-0.05, 0) is 49.7 Å². The molecular weight excluding hydrogens is 326 g/mol. The van der Waals surface area contributed by atoms with Gasteiger partial charge in [0, 0.05) is 38.3 Å². The maximum atomic E-state index is 5.81. The van der Waals surface area contributed by atoms with Gasteiger partial charge in [-0.15, -0.1) is 0 Å². The quantitative estimate of drug-likeness (QED) is 0.465. The van der Waals surface area contributed by atoms with E-state index in [4.69, 9.17) is 12.2 Å². The lowest BCUT2D eigenvalue weighted by Crippen LogP contribution is -2.42. The molecular formula is C21H43N3S. The molecule has 0 aromatic rings. The maximum absolute atomic E-state index is 5.81. The predicted octanol–water partition coefficient (Wildman–Crippen LogP) is 4.91. The highest BCUT2D eigenvalue weighted by Gasteiger charge is 2.30. The largest absolute Gasteiger partial charge is 0.346 e. The molecule has 4 atom stereocenters. The zero-order chi connectivity index (χ0) is 18.8. The highest BCUT2D eigenvalue weighted by molar-refractivity contribution is 7.80. The van der Waals surface area contributed by atoms with Crippen LogP contribution in [0.2, 0.25) is 0 Å². The summed E-state index contributed by atoms with van der Waals surface area (Å²) in [5.74, 6) is 1.60. The Kier molecular flexibility index (Phi) is 11.0. The summed E-state index contributed by atoms with van der Waals surface area (Å²) in [5, 5.41) is 4.85. The highest BCUT2D eigenvalue weighted by Crippen LogP contribution is 2.22. The van der Waals surface area contributed by atoms with Crippen molar-refractivity contribution in [1.82, 2.24) is 15.1 Å². The van der Waals surface area contributed by atoms with E-state index < -0.39 is 0 Å². The van der Waals surface area contributed by atoms with Crippen molar-refractivity contribution in [2.24, 2.45) is 11.8 Å². The molecule has 0 amide bonds. The van der Waals surface area contributed by atoms with Gasteiger partial charge in [-0.1, -0.05) is 54.4 Å². The summed E-state index contributed by atoms with van der Waals surface area (Å²) < 4.78 is 0. The van der Waals surface area contributed by atoms with E-state index >= 15 is 0 Å². The van der Waals surface area contributed by atoms with Crippen molar-refractivity contribution in [3.8, 4) is 0 Å². The Morgan fingerprint density at radius 1 is 0.920 bits per heavy atom. The van der Waals surface area contributed by atoms with Crippen LogP contribution in [0, 0.1) is 11.8 Å². The minimum Gasteiger partial charge on any atom is -0.346 e. The van der Waals surface area contributed by atoms with Crippen molar-refractivity contribution in [3.63, 3.8) is 0 Å². The molecule has 0 spiro atoms. The lowest BCUT2D eigenvalue weighted by Gasteiger charge is -2.31. The van der Waals surface area contributed by atoms with Crippen LogP contribution in [0.1, 0.15) is 80.1 Å². The van der Waals surface area contributed by atoms with E-state index in [1.807, 2.05) is 0 Å². The Morgan fingerprint density at radius 2 is 1.56 bits per heavy atom. The van der Waals surface area contributed by atoms with Crippen LogP contribution in [0.15, 0.2) is 0 Å². The molecule has 1 rings (SSSR count). The fourth-order valence-electron chi connectivity index (χ4n) is 3.74. The summed E-state index contributed by atoms with van der Waals surface area (Å²) in [6.07, 6.45) is 7.51. The Balaban J connectivity index is 2.42. The smallest absolute Gasteiger partial charge is 0.171 e. The lowest BCUT2D eigenvalue weighted by atomic mass is 9.97. The van der Waals surface area contributed by atoms with E-state index in [1.165, 1.54) is 38.5 Å². The van der Waals surface area contributed by atoms with Crippen molar-refractivity contribution in [3.05, 3.63) is 0 Å². The van der Waals surface area contributed by atoms with E-state index in [0.717, 1.165) is 43.1 Å². The Bertz CT molecular complexity index is 374. The van der Waals surface area contributed by atoms with Gasteiger partial charge in [0.15, 0.2) is 5.11 Å². The van der Waals surface area contributed by atoms with Crippen LogP contribution in [-0.4, -0.2) is 53.2 Å². The average molecular weight is 370 g/mol.